The van der Waals surface area contributed by atoms with Crippen LogP contribution >= 0.6 is 11.3 Å². The normalized spacial score (nSPS) is 14.1. The van der Waals surface area contributed by atoms with Crippen molar-refractivity contribution < 1.29 is 8.42 Å². The molecule has 0 aromatic carbocycles. The summed E-state index contributed by atoms with van der Waals surface area (Å²) in [7, 11) is -1.54. The molecule has 0 fully saturated rings. The van der Waals surface area contributed by atoms with E-state index in [-0.39, 0.29) is 11.8 Å². The summed E-state index contributed by atoms with van der Waals surface area (Å²) in [5.41, 5.74) is 0.875. The van der Waals surface area contributed by atoms with Gasteiger partial charge in [-0.25, -0.2) is 13.4 Å². The summed E-state index contributed by atoms with van der Waals surface area (Å²) in [6, 6.07) is -0.197. The second-order valence-electron chi connectivity index (χ2n) is 4.54. The predicted molar refractivity (Wildman–Crippen MR) is 76.5 cm³/mol. The smallest absolute Gasteiger partial charge is 0.214 e. The van der Waals surface area contributed by atoms with E-state index in [1.165, 1.54) is 4.31 Å². The van der Waals surface area contributed by atoms with Crippen molar-refractivity contribution in [1.29, 1.82) is 0 Å². The Kier molecular flexibility index (Phi) is 5.31. The molecular weight excluding hydrogens is 268 g/mol. The number of nitrogens with zero attached hydrogens (tertiary/aromatic N) is 2. The van der Waals surface area contributed by atoms with E-state index >= 15 is 0 Å². The number of thiazole rings is 1. The molecule has 1 rings (SSSR count). The number of unbranched alkanes of at least 4 members (excludes halogenated alkanes) is 1. The third kappa shape index (κ3) is 3.52. The second kappa shape index (κ2) is 6.12. The van der Waals surface area contributed by atoms with Crippen LogP contribution in [0.2, 0.25) is 0 Å². The molecule has 0 aliphatic heterocycles. The Balaban J connectivity index is 2.90. The maximum Gasteiger partial charge on any atom is 0.214 e. The summed E-state index contributed by atoms with van der Waals surface area (Å²) in [6.45, 7) is 7.82. The van der Waals surface area contributed by atoms with Gasteiger partial charge in [-0.2, -0.15) is 4.31 Å². The van der Waals surface area contributed by atoms with Crippen LogP contribution < -0.4 is 0 Å². The van der Waals surface area contributed by atoms with Gasteiger partial charge in [-0.1, -0.05) is 13.3 Å². The van der Waals surface area contributed by atoms with Crippen LogP contribution in [0.4, 0.5) is 0 Å². The van der Waals surface area contributed by atoms with Crippen LogP contribution in [0.15, 0.2) is 0 Å². The lowest BCUT2D eigenvalue weighted by molar-refractivity contribution is 0.391. The van der Waals surface area contributed by atoms with Gasteiger partial charge in [-0.15, -0.1) is 11.3 Å². The molecule has 0 saturated heterocycles. The zero-order valence-corrected chi connectivity index (χ0v) is 13.4. The molecule has 1 aromatic rings. The monoisotopic (exact) mass is 290 g/mol. The number of aromatic nitrogens is 1. The van der Waals surface area contributed by atoms with Crippen molar-refractivity contribution >= 4 is 21.4 Å². The van der Waals surface area contributed by atoms with Gasteiger partial charge < -0.3 is 0 Å². The highest BCUT2D eigenvalue weighted by Crippen LogP contribution is 2.27. The molecule has 0 amide bonds. The van der Waals surface area contributed by atoms with E-state index in [0.29, 0.717) is 6.42 Å². The average Bonchev–Trinajstić information content (AvgIpc) is 2.64. The van der Waals surface area contributed by atoms with Crippen LogP contribution in [0.25, 0.3) is 0 Å². The zero-order chi connectivity index (χ0) is 13.9. The first-order valence-corrected chi connectivity index (χ1v) is 8.61. The summed E-state index contributed by atoms with van der Waals surface area (Å²) in [6.07, 6.45) is 1.59. The fraction of sp³-hybridized carbons (Fsp3) is 0.750. The molecule has 0 saturated carbocycles. The molecular formula is C12H22N2O2S2. The highest BCUT2D eigenvalue weighted by atomic mass is 32.2. The third-order valence-electron chi connectivity index (χ3n) is 3.08. The molecule has 0 spiro atoms. The molecule has 1 heterocycles. The van der Waals surface area contributed by atoms with E-state index in [1.54, 1.807) is 18.4 Å². The molecule has 1 aromatic heterocycles. The minimum absolute atomic E-state index is 0.197. The maximum absolute atomic E-state index is 12.1. The van der Waals surface area contributed by atoms with Crippen molar-refractivity contribution in [3.63, 3.8) is 0 Å². The first kappa shape index (κ1) is 15.6. The van der Waals surface area contributed by atoms with E-state index < -0.39 is 10.0 Å². The topological polar surface area (TPSA) is 50.3 Å². The Labute approximate surface area is 114 Å². The van der Waals surface area contributed by atoms with Gasteiger partial charge in [0.05, 0.1) is 22.5 Å². The van der Waals surface area contributed by atoms with Crippen molar-refractivity contribution in [3.8, 4) is 0 Å². The molecule has 0 radical (unpaired) electrons. The van der Waals surface area contributed by atoms with Gasteiger partial charge in [-0.3, -0.25) is 0 Å². The summed E-state index contributed by atoms with van der Waals surface area (Å²) >= 11 is 1.61. The lowest BCUT2D eigenvalue weighted by Gasteiger charge is -2.23. The molecule has 104 valence electrons. The van der Waals surface area contributed by atoms with Crippen molar-refractivity contribution in [3.05, 3.63) is 15.6 Å². The fourth-order valence-corrected chi connectivity index (χ4v) is 4.25. The van der Waals surface area contributed by atoms with E-state index in [1.807, 2.05) is 27.7 Å². The molecule has 0 bridgehead atoms. The minimum atomic E-state index is -3.18. The predicted octanol–water partition coefficient (Wildman–Crippen LogP) is 2.88. The molecule has 0 aliphatic carbocycles. The van der Waals surface area contributed by atoms with Crippen molar-refractivity contribution in [2.75, 3.05) is 12.8 Å². The number of aryl methyl sites for hydroxylation is 2. The van der Waals surface area contributed by atoms with Gasteiger partial charge in [0.25, 0.3) is 0 Å². The van der Waals surface area contributed by atoms with Crippen LogP contribution in [0, 0.1) is 13.8 Å². The van der Waals surface area contributed by atoms with Crippen molar-refractivity contribution in [2.45, 2.75) is 46.6 Å². The lowest BCUT2D eigenvalue weighted by atomic mass is 10.2. The summed E-state index contributed by atoms with van der Waals surface area (Å²) in [4.78, 5) is 5.53. The Morgan fingerprint density at radius 1 is 1.39 bits per heavy atom. The Bertz CT molecular complexity index is 494. The number of rotatable bonds is 6. The number of sulfonamides is 1. The molecule has 4 nitrogen and oxygen atoms in total. The van der Waals surface area contributed by atoms with E-state index in [0.717, 1.165) is 22.0 Å². The zero-order valence-electron chi connectivity index (χ0n) is 11.7. The summed E-state index contributed by atoms with van der Waals surface area (Å²) < 4.78 is 25.7. The second-order valence-corrected chi connectivity index (χ2v) is 8.09. The van der Waals surface area contributed by atoms with Crippen LogP contribution in [0.5, 0.6) is 0 Å². The Hall–Kier alpha value is -0.460. The first-order chi connectivity index (χ1) is 8.29. The standard InChI is InChI=1S/C12H22N2O2S2/c1-6-7-8-18(15,16)14(5)9(2)12-10(3)17-11(4)13-12/h9H,6-8H2,1-5H3/t9-/m1/s1. The molecule has 1 atom stereocenters. The van der Waals surface area contributed by atoms with Crippen molar-refractivity contribution in [1.82, 2.24) is 9.29 Å². The highest BCUT2D eigenvalue weighted by molar-refractivity contribution is 7.89. The molecule has 6 heteroatoms. The van der Waals surface area contributed by atoms with Gasteiger partial charge in [-0.05, 0) is 27.2 Å². The summed E-state index contributed by atoms with van der Waals surface area (Å²) in [5.74, 6) is 0.215. The minimum Gasteiger partial charge on any atom is -0.245 e. The Morgan fingerprint density at radius 2 is 2.00 bits per heavy atom. The number of hydrogen-bond acceptors (Lipinski definition) is 4. The first-order valence-electron chi connectivity index (χ1n) is 6.19. The molecule has 0 N–H and O–H groups in total. The van der Waals surface area contributed by atoms with Gasteiger partial charge >= 0.3 is 0 Å². The van der Waals surface area contributed by atoms with Crippen LogP contribution in [-0.4, -0.2) is 30.5 Å². The van der Waals surface area contributed by atoms with Crippen LogP contribution in [-0.2, 0) is 10.0 Å². The molecule has 0 aliphatic rings. The highest BCUT2D eigenvalue weighted by Gasteiger charge is 2.26. The van der Waals surface area contributed by atoms with Gasteiger partial charge in [0.15, 0.2) is 0 Å². The van der Waals surface area contributed by atoms with Crippen molar-refractivity contribution in [2.24, 2.45) is 0 Å². The van der Waals surface area contributed by atoms with E-state index in [4.69, 9.17) is 0 Å². The van der Waals surface area contributed by atoms with Gasteiger partial charge in [0.2, 0.25) is 10.0 Å². The van der Waals surface area contributed by atoms with Gasteiger partial charge in [0, 0.05) is 11.9 Å². The molecule has 0 unspecified atom stereocenters. The Morgan fingerprint density at radius 3 is 2.44 bits per heavy atom. The average molecular weight is 290 g/mol. The quantitative estimate of drug-likeness (QED) is 0.809. The van der Waals surface area contributed by atoms with Crippen LogP contribution in [0.3, 0.4) is 0 Å². The van der Waals surface area contributed by atoms with E-state index in [2.05, 4.69) is 4.98 Å². The van der Waals surface area contributed by atoms with Gasteiger partial charge in [0.1, 0.15) is 0 Å². The SMILES string of the molecule is CCCCS(=O)(=O)N(C)[C@H](C)c1nc(C)sc1C. The number of hydrogen-bond donors (Lipinski definition) is 0. The van der Waals surface area contributed by atoms with E-state index in [9.17, 15) is 8.42 Å². The molecule has 18 heavy (non-hydrogen) atoms. The largest absolute Gasteiger partial charge is 0.245 e. The fourth-order valence-electron chi connectivity index (χ4n) is 1.82. The lowest BCUT2D eigenvalue weighted by Crippen LogP contribution is -2.32. The third-order valence-corrected chi connectivity index (χ3v) is 5.98. The maximum atomic E-state index is 12.1. The summed E-state index contributed by atoms with van der Waals surface area (Å²) in [5, 5.41) is 0.980. The van der Waals surface area contributed by atoms with Crippen LogP contribution in [0.1, 0.15) is 48.3 Å².